The van der Waals surface area contributed by atoms with Crippen molar-refractivity contribution in [1.29, 1.82) is 0 Å². The summed E-state index contributed by atoms with van der Waals surface area (Å²) in [6, 6.07) is 0. The minimum atomic E-state index is 0.764. The van der Waals surface area contributed by atoms with Gasteiger partial charge < -0.3 is 0 Å². The van der Waals surface area contributed by atoms with Gasteiger partial charge in [0, 0.05) is 0 Å². The zero-order valence-electron chi connectivity index (χ0n) is 8.91. The molecule has 0 saturated heterocycles. The molecule has 0 radical (unpaired) electrons. The maximum Gasteiger partial charge on any atom is -0.0277 e. The molecule has 1 saturated carbocycles. The highest BCUT2D eigenvalue weighted by Gasteiger charge is 2.37. The summed E-state index contributed by atoms with van der Waals surface area (Å²) in [7, 11) is 0. The first-order chi connectivity index (χ1) is 5.21. The van der Waals surface area contributed by atoms with Crippen LogP contribution in [-0.4, -0.2) is 0 Å². The Morgan fingerprint density at radius 3 is 1.64 bits per heavy atom. The van der Waals surface area contributed by atoms with Gasteiger partial charge in [0.2, 0.25) is 0 Å². The van der Waals surface area contributed by atoms with Crippen LogP contribution in [0.25, 0.3) is 0 Å². The Bertz CT molecular complexity index is 82.7. The Morgan fingerprint density at radius 1 is 1.18 bits per heavy atom. The summed E-state index contributed by atoms with van der Waals surface area (Å²) in [6.07, 6.45) is 5.85. The van der Waals surface area contributed by atoms with Crippen LogP contribution in [0.3, 0.4) is 0 Å². The lowest BCUT2D eigenvalue weighted by molar-refractivity contribution is 0.0637. The second-order valence-corrected chi connectivity index (χ2v) is 3.72. The standard InChI is InChI=1S/C9H18.C2H6/c1-4-9(8(2)3)6-5-7-9;1-2/h8H,4-7H2,1-3H3;1-2H3. The molecule has 1 aliphatic rings. The van der Waals surface area contributed by atoms with Crippen LogP contribution in [0.15, 0.2) is 0 Å². The van der Waals surface area contributed by atoms with E-state index >= 15 is 0 Å². The Morgan fingerprint density at radius 2 is 1.64 bits per heavy atom. The van der Waals surface area contributed by atoms with Crippen LogP contribution in [-0.2, 0) is 0 Å². The van der Waals surface area contributed by atoms with Crippen LogP contribution < -0.4 is 0 Å². The van der Waals surface area contributed by atoms with E-state index in [-0.39, 0.29) is 0 Å². The molecule has 0 bridgehead atoms. The molecule has 1 aliphatic carbocycles. The fourth-order valence-electron chi connectivity index (χ4n) is 1.97. The predicted octanol–water partition coefficient (Wildman–Crippen LogP) is 4.25. The quantitative estimate of drug-likeness (QED) is 0.560. The molecular formula is C11H24. The van der Waals surface area contributed by atoms with Crippen molar-refractivity contribution in [3.05, 3.63) is 0 Å². The molecule has 0 aromatic carbocycles. The van der Waals surface area contributed by atoms with Gasteiger partial charge in [0.05, 0.1) is 0 Å². The molecular weight excluding hydrogens is 132 g/mol. The SMILES string of the molecule is CC.CCC1(C(C)C)CCC1. The molecule has 0 spiro atoms. The van der Waals surface area contributed by atoms with E-state index < -0.39 is 0 Å². The smallest absolute Gasteiger partial charge is 0.0277 e. The third-order valence-corrected chi connectivity index (χ3v) is 3.28. The van der Waals surface area contributed by atoms with Crippen LogP contribution >= 0.6 is 0 Å². The lowest BCUT2D eigenvalue weighted by Gasteiger charge is -2.45. The van der Waals surface area contributed by atoms with Crippen LogP contribution in [0.2, 0.25) is 0 Å². The van der Waals surface area contributed by atoms with Crippen LogP contribution in [0, 0.1) is 11.3 Å². The number of hydrogen-bond donors (Lipinski definition) is 0. The zero-order valence-corrected chi connectivity index (χ0v) is 8.91. The molecule has 0 aliphatic heterocycles. The van der Waals surface area contributed by atoms with E-state index in [1.165, 1.54) is 25.7 Å². The molecule has 0 aromatic heterocycles. The Hall–Kier alpha value is 0. The average molecular weight is 156 g/mol. The fraction of sp³-hybridized carbons (Fsp3) is 1.00. The molecule has 68 valence electrons. The molecule has 11 heavy (non-hydrogen) atoms. The lowest BCUT2D eigenvalue weighted by atomic mass is 9.61. The molecule has 0 N–H and O–H groups in total. The van der Waals surface area contributed by atoms with Crippen molar-refractivity contribution < 1.29 is 0 Å². The van der Waals surface area contributed by atoms with Gasteiger partial charge in [-0.1, -0.05) is 47.5 Å². The second-order valence-electron chi connectivity index (χ2n) is 3.72. The van der Waals surface area contributed by atoms with Gasteiger partial charge in [0.1, 0.15) is 0 Å². The van der Waals surface area contributed by atoms with Crippen molar-refractivity contribution in [2.75, 3.05) is 0 Å². The predicted molar refractivity (Wildman–Crippen MR) is 52.8 cm³/mol. The van der Waals surface area contributed by atoms with Crippen molar-refractivity contribution in [3.8, 4) is 0 Å². The Kier molecular flexibility index (Phi) is 4.79. The van der Waals surface area contributed by atoms with Crippen molar-refractivity contribution >= 4 is 0 Å². The van der Waals surface area contributed by atoms with Crippen LogP contribution in [0.4, 0.5) is 0 Å². The van der Waals surface area contributed by atoms with Crippen molar-refractivity contribution in [3.63, 3.8) is 0 Å². The van der Waals surface area contributed by atoms with Crippen molar-refractivity contribution in [2.24, 2.45) is 11.3 Å². The van der Waals surface area contributed by atoms with Crippen LogP contribution in [0.1, 0.15) is 60.3 Å². The molecule has 0 unspecified atom stereocenters. The van der Waals surface area contributed by atoms with Crippen molar-refractivity contribution in [2.45, 2.75) is 60.3 Å². The number of hydrogen-bond acceptors (Lipinski definition) is 0. The Labute approximate surface area is 72.4 Å². The molecule has 0 aromatic rings. The second kappa shape index (κ2) is 4.79. The lowest BCUT2D eigenvalue weighted by Crippen LogP contribution is -2.33. The summed E-state index contributed by atoms with van der Waals surface area (Å²) >= 11 is 0. The highest BCUT2D eigenvalue weighted by Crippen LogP contribution is 2.49. The van der Waals surface area contributed by atoms with Gasteiger partial charge in [-0.25, -0.2) is 0 Å². The van der Waals surface area contributed by atoms with Crippen LogP contribution in [0.5, 0.6) is 0 Å². The highest BCUT2D eigenvalue weighted by molar-refractivity contribution is 4.88. The van der Waals surface area contributed by atoms with E-state index in [4.69, 9.17) is 0 Å². The maximum atomic E-state index is 2.36. The van der Waals surface area contributed by atoms with Gasteiger partial charge in [-0.05, 0) is 24.2 Å². The molecule has 1 rings (SSSR count). The fourth-order valence-corrected chi connectivity index (χ4v) is 1.97. The molecule has 0 heterocycles. The minimum Gasteiger partial charge on any atom is -0.0683 e. The van der Waals surface area contributed by atoms with E-state index in [1.807, 2.05) is 13.8 Å². The van der Waals surface area contributed by atoms with Crippen molar-refractivity contribution in [1.82, 2.24) is 0 Å². The maximum absolute atomic E-state index is 2.36. The number of rotatable bonds is 2. The van der Waals surface area contributed by atoms with E-state index in [0.717, 1.165) is 11.3 Å². The first-order valence-electron chi connectivity index (χ1n) is 5.21. The monoisotopic (exact) mass is 156 g/mol. The third-order valence-electron chi connectivity index (χ3n) is 3.28. The minimum absolute atomic E-state index is 0.764. The topological polar surface area (TPSA) is 0 Å². The van der Waals surface area contributed by atoms with Gasteiger partial charge in [0.25, 0.3) is 0 Å². The Balaban J connectivity index is 0.000000461. The van der Waals surface area contributed by atoms with Gasteiger partial charge in [0.15, 0.2) is 0 Å². The molecule has 0 nitrogen and oxygen atoms in total. The zero-order chi connectivity index (χ0) is 8.91. The highest BCUT2D eigenvalue weighted by atomic mass is 14.4. The van der Waals surface area contributed by atoms with E-state index in [2.05, 4.69) is 20.8 Å². The first kappa shape index (κ1) is 11.0. The molecule has 0 heteroatoms. The molecule has 1 fully saturated rings. The third kappa shape index (κ3) is 2.21. The molecule has 0 atom stereocenters. The molecule has 0 amide bonds. The van der Waals surface area contributed by atoms with E-state index in [1.54, 1.807) is 0 Å². The van der Waals surface area contributed by atoms with E-state index in [0.29, 0.717) is 0 Å². The summed E-state index contributed by atoms with van der Waals surface area (Å²) in [5, 5.41) is 0. The largest absolute Gasteiger partial charge is 0.0683 e. The van der Waals surface area contributed by atoms with Gasteiger partial charge in [-0.15, -0.1) is 0 Å². The summed E-state index contributed by atoms with van der Waals surface area (Å²) in [6.45, 7) is 11.1. The van der Waals surface area contributed by atoms with Gasteiger partial charge in [-0.3, -0.25) is 0 Å². The normalized spacial score (nSPS) is 20.2. The average Bonchev–Trinajstić information content (AvgIpc) is 1.90. The van der Waals surface area contributed by atoms with Gasteiger partial charge in [-0.2, -0.15) is 0 Å². The van der Waals surface area contributed by atoms with Gasteiger partial charge >= 0.3 is 0 Å². The summed E-state index contributed by atoms with van der Waals surface area (Å²) in [5.41, 5.74) is 0.764. The summed E-state index contributed by atoms with van der Waals surface area (Å²) < 4.78 is 0. The first-order valence-corrected chi connectivity index (χ1v) is 5.21. The summed E-state index contributed by atoms with van der Waals surface area (Å²) in [5.74, 6) is 0.913. The van der Waals surface area contributed by atoms with E-state index in [9.17, 15) is 0 Å². The summed E-state index contributed by atoms with van der Waals surface area (Å²) in [4.78, 5) is 0.